The van der Waals surface area contributed by atoms with Gasteiger partial charge in [0.25, 0.3) is 0 Å². The van der Waals surface area contributed by atoms with E-state index in [1.54, 1.807) is 6.20 Å². The molecule has 31 heavy (non-hydrogen) atoms. The Kier molecular flexibility index (Phi) is 5.82. The Bertz CT molecular complexity index is 1080. The first-order valence-corrected chi connectivity index (χ1v) is 11.7. The van der Waals surface area contributed by atoms with E-state index in [1.807, 2.05) is 11.9 Å². The van der Waals surface area contributed by atoms with Gasteiger partial charge in [0.05, 0.1) is 10.9 Å². The minimum Gasteiger partial charge on any atom is -0.381 e. The highest BCUT2D eigenvalue weighted by Gasteiger charge is 2.19. The number of fused-ring (bicyclic) bond motifs is 1. The van der Waals surface area contributed by atoms with Gasteiger partial charge in [0.15, 0.2) is 0 Å². The third-order valence-corrected chi connectivity index (χ3v) is 6.80. The van der Waals surface area contributed by atoms with Gasteiger partial charge in [-0.3, -0.25) is 0 Å². The number of H-pyrrole nitrogens is 1. The van der Waals surface area contributed by atoms with Crippen molar-refractivity contribution in [2.24, 2.45) is 0 Å². The second kappa shape index (κ2) is 9.04. The van der Waals surface area contributed by atoms with Gasteiger partial charge >= 0.3 is 0 Å². The minimum atomic E-state index is 0.266. The summed E-state index contributed by atoms with van der Waals surface area (Å²) in [6, 6.07) is 10.9. The molecule has 8 nitrogen and oxygen atoms in total. The molecule has 2 aliphatic heterocycles. The third kappa shape index (κ3) is 4.40. The third-order valence-electron chi connectivity index (χ3n) is 5.63. The Morgan fingerprint density at radius 2 is 2.00 bits per heavy atom. The van der Waals surface area contributed by atoms with Crippen LogP contribution in [0.2, 0.25) is 0 Å². The van der Waals surface area contributed by atoms with Crippen molar-refractivity contribution in [1.29, 1.82) is 5.26 Å². The summed E-state index contributed by atoms with van der Waals surface area (Å²) in [4.78, 5) is 12.4. The lowest BCUT2D eigenvalue weighted by Crippen LogP contribution is -2.28. The molecule has 2 saturated heterocycles. The van der Waals surface area contributed by atoms with Crippen LogP contribution in [0, 0.1) is 11.3 Å². The number of hydrogen-bond acceptors (Lipinski definition) is 8. The van der Waals surface area contributed by atoms with Crippen LogP contribution < -0.4 is 14.9 Å². The molecule has 0 bridgehead atoms. The summed E-state index contributed by atoms with van der Waals surface area (Å²) in [6.45, 7) is 2.56. The fourth-order valence-electron chi connectivity index (χ4n) is 3.96. The summed E-state index contributed by atoms with van der Waals surface area (Å²) < 4.78 is 7.82. The van der Waals surface area contributed by atoms with Crippen molar-refractivity contribution in [3.63, 3.8) is 0 Å². The summed E-state index contributed by atoms with van der Waals surface area (Å²) in [5, 5.41) is 17.1. The number of anilines is 4. The molecule has 0 aliphatic carbocycles. The van der Waals surface area contributed by atoms with Crippen LogP contribution in [0.4, 0.5) is 23.1 Å². The zero-order valence-corrected chi connectivity index (χ0v) is 18.0. The smallest absolute Gasteiger partial charge is 0.231 e. The lowest BCUT2D eigenvalue weighted by Gasteiger charge is -2.27. The molecule has 5 rings (SSSR count). The van der Waals surface area contributed by atoms with Gasteiger partial charge in [0.2, 0.25) is 5.95 Å². The van der Waals surface area contributed by atoms with E-state index in [0.29, 0.717) is 23.0 Å². The SMILES string of the molecule is N#Cc1c[nH]c2nc(Nc3ccc(N4CCCCS4)cc3)nc(NC3CCOCC3)c12. The molecule has 4 heterocycles. The highest BCUT2D eigenvalue weighted by molar-refractivity contribution is 8.00. The predicted molar refractivity (Wildman–Crippen MR) is 125 cm³/mol. The average Bonchev–Trinajstić information content (AvgIpc) is 3.24. The molecular weight excluding hydrogens is 410 g/mol. The van der Waals surface area contributed by atoms with Gasteiger partial charge in [0.1, 0.15) is 17.5 Å². The molecule has 0 unspecified atom stereocenters. The maximum absolute atomic E-state index is 9.50. The number of aromatic nitrogens is 3. The molecule has 3 N–H and O–H groups in total. The topological polar surface area (TPSA) is 102 Å². The average molecular weight is 436 g/mol. The van der Waals surface area contributed by atoms with Crippen LogP contribution in [0.3, 0.4) is 0 Å². The summed E-state index contributed by atoms with van der Waals surface area (Å²) >= 11 is 1.89. The van der Waals surface area contributed by atoms with Gasteiger partial charge in [-0.15, -0.1) is 0 Å². The van der Waals surface area contributed by atoms with Gasteiger partial charge < -0.3 is 24.7 Å². The molecule has 160 valence electrons. The molecule has 2 aliphatic rings. The zero-order valence-electron chi connectivity index (χ0n) is 17.2. The fraction of sp³-hybridized carbons (Fsp3) is 0.409. The Hall–Kier alpha value is -2.96. The van der Waals surface area contributed by atoms with E-state index in [4.69, 9.17) is 9.72 Å². The van der Waals surface area contributed by atoms with Crippen LogP contribution >= 0.6 is 11.9 Å². The largest absolute Gasteiger partial charge is 0.381 e. The first kappa shape index (κ1) is 20.0. The van der Waals surface area contributed by atoms with Crippen LogP contribution in [0.1, 0.15) is 31.2 Å². The fourth-order valence-corrected chi connectivity index (χ4v) is 5.04. The first-order valence-electron chi connectivity index (χ1n) is 10.7. The van der Waals surface area contributed by atoms with E-state index in [9.17, 15) is 5.26 Å². The van der Waals surface area contributed by atoms with E-state index in [2.05, 4.69) is 55.2 Å². The van der Waals surface area contributed by atoms with Crippen LogP contribution in [-0.2, 0) is 4.74 Å². The summed E-state index contributed by atoms with van der Waals surface area (Å²) in [5.74, 6) is 2.35. The lowest BCUT2D eigenvalue weighted by atomic mass is 10.1. The number of nitriles is 1. The first-order chi connectivity index (χ1) is 15.3. The van der Waals surface area contributed by atoms with Crippen molar-refractivity contribution in [1.82, 2.24) is 15.0 Å². The maximum atomic E-state index is 9.50. The number of rotatable bonds is 5. The summed E-state index contributed by atoms with van der Waals surface area (Å²) in [7, 11) is 0. The van der Waals surface area contributed by atoms with Gasteiger partial charge in [-0.1, -0.05) is 0 Å². The van der Waals surface area contributed by atoms with Gasteiger partial charge in [-0.25, -0.2) is 0 Å². The molecule has 0 spiro atoms. The van der Waals surface area contributed by atoms with E-state index >= 15 is 0 Å². The second-order valence-corrected chi connectivity index (χ2v) is 8.89. The van der Waals surface area contributed by atoms with Crippen LogP contribution in [0.15, 0.2) is 30.5 Å². The minimum absolute atomic E-state index is 0.266. The lowest BCUT2D eigenvalue weighted by molar-refractivity contribution is 0.0904. The molecule has 3 aromatic rings. The van der Waals surface area contributed by atoms with Crippen LogP contribution in [-0.4, -0.2) is 46.5 Å². The number of hydrogen-bond donors (Lipinski definition) is 3. The molecule has 2 aromatic heterocycles. The van der Waals surface area contributed by atoms with Crippen molar-refractivity contribution in [3.05, 3.63) is 36.0 Å². The van der Waals surface area contributed by atoms with E-state index in [1.165, 1.54) is 24.3 Å². The van der Waals surface area contributed by atoms with Crippen molar-refractivity contribution in [3.8, 4) is 6.07 Å². The summed E-state index contributed by atoms with van der Waals surface area (Å²) in [6.07, 6.45) is 6.04. The molecule has 0 atom stereocenters. The standard InChI is InChI=1S/C22H25N7OS/c23-13-15-14-24-20-19(15)21(25-17-7-10-30-11-8-17)28-22(27-20)26-16-3-5-18(6-4-16)29-9-1-2-12-31-29/h3-6,14,17H,1-2,7-12H2,(H3,24,25,26,27,28). The van der Waals surface area contributed by atoms with Gasteiger partial charge in [-0.05, 0) is 61.9 Å². The van der Waals surface area contributed by atoms with E-state index in [0.717, 1.165) is 43.7 Å². The van der Waals surface area contributed by atoms with E-state index < -0.39 is 0 Å². The quantitative estimate of drug-likeness (QED) is 0.507. The number of nitrogens with zero attached hydrogens (tertiary/aromatic N) is 4. The molecule has 0 saturated carbocycles. The molecule has 9 heteroatoms. The number of nitrogens with one attached hydrogen (secondary N) is 3. The molecule has 1 aromatic carbocycles. The predicted octanol–water partition coefficient (Wildman–Crippen LogP) is 4.41. The molecule has 0 radical (unpaired) electrons. The highest BCUT2D eigenvalue weighted by Crippen LogP contribution is 2.30. The number of benzene rings is 1. The molecule has 2 fully saturated rings. The molecule has 0 amide bonds. The maximum Gasteiger partial charge on any atom is 0.231 e. The van der Waals surface area contributed by atoms with Crippen molar-refractivity contribution < 1.29 is 4.74 Å². The molecular formula is C22H25N7OS. The monoisotopic (exact) mass is 435 g/mol. The Labute approximate surface area is 185 Å². The van der Waals surface area contributed by atoms with E-state index in [-0.39, 0.29) is 6.04 Å². The second-order valence-electron chi connectivity index (χ2n) is 7.78. The number of aromatic amines is 1. The van der Waals surface area contributed by atoms with Gasteiger partial charge in [0, 0.05) is 49.1 Å². The normalized spacial score (nSPS) is 17.5. The van der Waals surface area contributed by atoms with Crippen molar-refractivity contribution in [2.45, 2.75) is 31.7 Å². The zero-order chi connectivity index (χ0) is 21.0. The van der Waals surface area contributed by atoms with Gasteiger partial charge in [-0.2, -0.15) is 15.2 Å². The van der Waals surface area contributed by atoms with Crippen LogP contribution in [0.25, 0.3) is 11.0 Å². The Balaban J connectivity index is 1.39. The van der Waals surface area contributed by atoms with Crippen LogP contribution in [0.5, 0.6) is 0 Å². The van der Waals surface area contributed by atoms with Crippen molar-refractivity contribution in [2.75, 3.05) is 40.5 Å². The van der Waals surface area contributed by atoms with Crippen molar-refractivity contribution >= 4 is 46.1 Å². The Morgan fingerprint density at radius 1 is 1.16 bits per heavy atom. The summed E-state index contributed by atoms with van der Waals surface area (Å²) in [5.41, 5.74) is 3.33. The Morgan fingerprint density at radius 3 is 2.74 bits per heavy atom. The highest BCUT2D eigenvalue weighted by atomic mass is 32.2. The number of ether oxygens (including phenoxy) is 1.